The van der Waals surface area contributed by atoms with E-state index in [9.17, 15) is 4.39 Å². The summed E-state index contributed by atoms with van der Waals surface area (Å²) in [5.41, 5.74) is 4.03. The summed E-state index contributed by atoms with van der Waals surface area (Å²) < 4.78 is 26.2. The molecule has 0 aliphatic carbocycles. The van der Waals surface area contributed by atoms with Crippen LogP contribution in [-0.2, 0) is 12.8 Å². The third kappa shape index (κ3) is 4.74. The van der Waals surface area contributed by atoms with Crippen molar-refractivity contribution in [3.05, 3.63) is 101 Å². The lowest BCUT2D eigenvalue weighted by atomic mass is 10.1. The maximum atomic E-state index is 14.1. The van der Waals surface area contributed by atoms with Gasteiger partial charge in [0.2, 0.25) is 0 Å². The Labute approximate surface area is 181 Å². The van der Waals surface area contributed by atoms with Crippen LogP contribution in [0.25, 0.3) is 5.69 Å². The third-order valence-corrected chi connectivity index (χ3v) is 5.06. The van der Waals surface area contributed by atoms with Crippen molar-refractivity contribution in [3.63, 3.8) is 0 Å². The van der Waals surface area contributed by atoms with Crippen LogP contribution in [0, 0.1) is 12.7 Å². The van der Waals surface area contributed by atoms with Crippen LogP contribution < -0.4 is 9.47 Å². The summed E-state index contributed by atoms with van der Waals surface area (Å²) in [5, 5.41) is 4.73. The standard InChI is InChI=1S/C25H24FN3O2/c1-17-5-4-6-18(13-17)16-25-27-24(15-19-7-12-23(31-3)22(26)14-19)28-29(25)20-8-10-21(30-2)11-9-20/h4-14H,15-16H2,1-3H3. The molecule has 0 amide bonds. The number of halogens is 1. The number of aryl methyl sites for hydroxylation is 1. The first-order valence-corrected chi connectivity index (χ1v) is 10.0. The Morgan fingerprint density at radius 3 is 2.32 bits per heavy atom. The van der Waals surface area contributed by atoms with E-state index < -0.39 is 5.82 Å². The lowest BCUT2D eigenvalue weighted by Crippen LogP contribution is -2.04. The van der Waals surface area contributed by atoms with E-state index in [0.29, 0.717) is 18.7 Å². The second kappa shape index (κ2) is 9.00. The Morgan fingerprint density at radius 1 is 0.871 bits per heavy atom. The van der Waals surface area contributed by atoms with Gasteiger partial charge >= 0.3 is 0 Å². The van der Waals surface area contributed by atoms with Crippen molar-refractivity contribution in [1.29, 1.82) is 0 Å². The lowest BCUT2D eigenvalue weighted by Gasteiger charge is -2.07. The fraction of sp³-hybridized carbons (Fsp3) is 0.200. The van der Waals surface area contributed by atoms with Gasteiger partial charge in [-0.15, -0.1) is 0 Å². The molecule has 0 spiro atoms. The number of rotatable bonds is 7. The van der Waals surface area contributed by atoms with Crippen LogP contribution in [0.2, 0.25) is 0 Å². The van der Waals surface area contributed by atoms with Gasteiger partial charge in [-0.3, -0.25) is 0 Å². The average Bonchev–Trinajstić information content (AvgIpc) is 3.16. The minimum absolute atomic E-state index is 0.223. The summed E-state index contributed by atoms with van der Waals surface area (Å²) in [6.07, 6.45) is 1.06. The highest BCUT2D eigenvalue weighted by Crippen LogP contribution is 2.21. The number of hydrogen-bond acceptors (Lipinski definition) is 4. The molecular formula is C25H24FN3O2. The summed E-state index contributed by atoms with van der Waals surface area (Å²) in [6, 6.07) is 20.9. The molecule has 0 bridgehead atoms. The quantitative estimate of drug-likeness (QED) is 0.429. The third-order valence-electron chi connectivity index (χ3n) is 5.06. The molecule has 0 unspecified atom stereocenters. The number of ether oxygens (including phenoxy) is 2. The van der Waals surface area contributed by atoms with Crippen molar-refractivity contribution in [2.24, 2.45) is 0 Å². The Bertz CT molecular complexity index is 1190. The molecule has 4 aromatic rings. The van der Waals surface area contributed by atoms with Gasteiger partial charge in [-0.2, -0.15) is 5.10 Å². The van der Waals surface area contributed by atoms with Crippen molar-refractivity contribution < 1.29 is 13.9 Å². The van der Waals surface area contributed by atoms with Crippen LogP contribution >= 0.6 is 0 Å². The Morgan fingerprint density at radius 2 is 1.65 bits per heavy atom. The summed E-state index contributed by atoms with van der Waals surface area (Å²) in [4.78, 5) is 4.79. The molecule has 6 heteroatoms. The van der Waals surface area contributed by atoms with Gasteiger partial charge in [0.05, 0.1) is 19.9 Å². The SMILES string of the molecule is COc1ccc(-n2nc(Cc3ccc(OC)c(F)c3)nc2Cc2cccc(C)c2)cc1. The molecule has 0 radical (unpaired) electrons. The topological polar surface area (TPSA) is 49.2 Å². The van der Waals surface area contributed by atoms with Crippen LogP contribution in [0.4, 0.5) is 4.39 Å². The van der Waals surface area contributed by atoms with Crippen LogP contribution in [-0.4, -0.2) is 29.0 Å². The van der Waals surface area contributed by atoms with Crippen molar-refractivity contribution in [3.8, 4) is 17.2 Å². The molecule has 158 valence electrons. The fourth-order valence-corrected chi connectivity index (χ4v) is 3.52. The number of benzene rings is 3. The van der Waals surface area contributed by atoms with E-state index in [1.165, 1.54) is 18.7 Å². The van der Waals surface area contributed by atoms with Gasteiger partial charge in [0.25, 0.3) is 0 Å². The first kappa shape index (κ1) is 20.6. The van der Waals surface area contributed by atoms with E-state index in [0.717, 1.165) is 28.4 Å². The molecule has 0 saturated heterocycles. The van der Waals surface area contributed by atoms with Gasteiger partial charge in [-0.25, -0.2) is 14.1 Å². The van der Waals surface area contributed by atoms with E-state index in [2.05, 4.69) is 25.1 Å². The molecule has 3 aromatic carbocycles. The molecule has 0 saturated carbocycles. The normalized spacial score (nSPS) is 10.8. The molecule has 0 aliphatic rings. The van der Waals surface area contributed by atoms with Crippen LogP contribution in [0.3, 0.4) is 0 Å². The summed E-state index contributed by atoms with van der Waals surface area (Å²) in [6.45, 7) is 2.07. The molecule has 31 heavy (non-hydrogen) atoms. The van der Waals surface area contributed by atoms with E-state index in [4.69, 9.17) is 19.6 Å². The predicted octanol–water partition coefficient (Wildman–Crippen LogP) is 4.91. The number of nitrogens with zero attached hydrogens (tertiary/aromatic N) is 3. The molecule has 0 N–H and O–H groups in total. The molecular weight excluding hydrogens is 393 g/mol. The molecule has 1 heterocycles. The maximum absolute atomic E-state index is 14.1. The average molecular weight is 417 g/mol. The largest absolute Gasteiger partial charge is 0.497 e. The van der Waals surface area contributed by atoms with Crippen LogP contribution in [0.1, 0.15) is 28.3 Å². The molecule has 1 aromatic heterocycles. The van der Waals surface area contributed by atoms with Gasteiger partial charge in [0.15, 0.2) is 17.4 Å². The summed E-state index contributed by atoms with van der Waals surface area (Å²) >= 11 is 0. The summed E-state index contributed by atoms with van der Waals surface area (Å²) in [5.74, 6) is 2.05. The molecule has 0 atom stereocenters. The molecule has 0 fully saturated rings. The monoisotopic (exact) mass is 417 g/mol. The van der Waals surface area contributed by atoms with E-state index in [1.54, 1.807) is 13.2 Å². The molecule has 0 aliphatic heterocycles. The molecule has 4 rings (SSSR count). The molecule has 5 nitrogen and oxygen atoms in total. The minimum Gasteiger partial charge on any atom is -0.497 e. The Hall–Kier alpha value is -3.67. The van der Waals surface area contributed by atoms with Crippen LogP contribution in [0.5, 0.6) is 11.5 Å². The number of hydrogen-bond donors (Lipinski definition) is 0. The first-order valence-electron chi connectivity index (χ1n) is 10.0. The van der Waals surface area contributed by atoms with E-state index >= 15 is 0 Å². The van der Waals surface area contributed by atoms with Gasteiger partial charge in [0.1, 0.15) is 11.6 Å². The Kier molecular flexibility index (Phi) is 5.98. The zero-order chi connectivity index (χ0) is 21.8. The predicted molar refractivity (Wildman–Crippen MR) is 118 cm³/mol. The van der Waals surface area contributed by atoms with E-state index in [-0.39, 0.29) is 5.75 Å². The van der Waals surface area contributed by atoms with Crippen molar-refractivity contribution in [1.82, 2.24) is 14.8 Å². The van der Waals surface area contributed by atoms with Gasteiger partial charge in [-0.1, -0.05) is 35.9 Å². The van der Waals surface area contributed by atoms with Gasteiger partial charge in [0, 0.05) is 12.8 Å². The van der Waals surface area contributed by atoms with Crippen LogP contribution in [0.15, 0.2) is 66.7 Å². The van der Waals surface area contributed by atoms with Gasteiger partial charge < -0.3 is 9.47 Å². The van der Waals surface area contributed by atoms with Gasteiger partial charge in [-0.05, 0) is 54.4 Å². The van der Waals surface area contributed by atoms with E-state index in [1.807, 2.05) is 41.1 Å². The zero-order valence-electron chi connectivity index (χ0n) is 17.8. The first-order chi connectivity index (χ1) is 15.1. The second-order valence-corrected chi connectivity index (χ2v) is 7.37. The van der Waals surface area contributed by atoms with Crippen molar-refractivity contribution >= 4 is 0 Å². The number of methoxy groups -OCH3 is 2. The van der Waals surface area contributed by atoms with Crippen molar-refractivity contribution in [2.45, 2.75) is 19.8 Å². The smallest absolute Gasteiger partial charge is 0.165 e. The highest BCUT2D eigenvalue weighted by molar-refractivity contribution is 5.38. The zero-order valence-corrected chi connectivity index (χ0v) is 17.8. The minimum atomic E-state index is -0.394. The fourth-order valence-electron chi connectivity index (χ4n) is 3.52. The highest BCUT2D eigenvalue weighted by Gasteiger charge is 2.14. The highest BCUT2D eigenvalue weighted by atomic mass is 19.1. The maximum Gasteiger partial charge on any atom is 0.165 e. The second-order valence-electron chi connectivity index (χ2n) is 7.37. The van der Waals surface area contributed by atoms with Crippen molar-refractivity contribution in [2.75, 3.05) is 14.2 Å². The summed E-state index contributed by atoms with van der Waals surface area (Å²) in [7, 11) is 3.09. The Balaban J connectivity index is 1.69. The lowest BCUT2D eigenvalue weighted by molar-refractivity contribution is 0.386. The number of aromatic nitrogens is 3.